The van der Waals surface area contributed by atoms with Crippen molar-refractivity contribution in [2.75, 3.05) is 5.32 Å². The second kappa shape index (κ2) is 5.62. The first-order valence-electron chi connectivity index (χ1n) is 5.32. The first-order chi connectivity index (χ1) is 9.06. The molecule has 0 saturated heterocycles. The van der Waals surface area contributed by atoms with Crippen LogP contribution in [0.4, 0.5) is 10.1 Å². The molecule has 1 amide bonds. The molecule has 0 radical (unpaired) electrons. The van der Waals surface area contributed by atoms with Crippen LogP contribution in [0.2, 0.25) is 5.15 Å². The molecule has 19 heavy (non-hydrogen) atoms. The van der Waals surface area contributed by atoms with Gasteiger partial charge < -0.3 is 9.88 Å². The molecule has 0 spiro atoms. The van der Waals surface area contributed by atoms with Crippen LogP contribution in [0.5, 0.6) is 0 Å². The lowest BCUT2D eigenvalue weighted by Crippen LogP contribution is -2.27. The molecule has 0 aliphatic rings. The minimum Gasteiger partial charge on any atom is -0.325 e. The zero-order chi connectivity index (χ0) is 13.8. The van der Waals surface area contributed by atoms with Crippen molar-refractivity contribution in [3.05, 3.63) is 58.0 Å². The maximum atomic E-state index is 12.7. The molecule has 0 aliphatic heterocycles. The molecule has 1 aromatic heterocycles. The van der Waals surface area contributed by atoms with Gasteiger partial charge in [0.25, 0.3) is 5.56 Å². The quantitative estimate of drug-likeness (QED) is 0.931. The van der Waals surface area contributed by atoms with Gasteiger partial charge in [0, 0.05) is 18.1 Å². The molecular weight excluding hydrogens is 273 g/mol. The van der Waals surface area contributed by atoms with Gasteiger partial charge in [0.05, 0.1) is 0 Å². The van der Waals surface area contributed by atoms with Crippen LogP contribution in [0.1, 0.15) is 0 Å². The Morgan fingerprint density at radius 1 is 1.37 bits per heavy atom. The number of hydrogen-bond acceptors (Lipinski definition) is 3. The number of carbonyl (C=O) groups excluding carboxylic acids is 1. The van der Waals surface area contributed by atoms with E-state index in [1.165, 1.54) is 36.7 Å². The standard InChI is InChI=1S/C12H9ClFN3O2/c13-11-12(19)17(6-5-15-11)7-10(18)16-9-3-1-8(14)2-4-9/h1-6H,7H2,(H,16,18). The molecular formula is C12H9ClFN3O2. The Hall–Kier alpha value is -2.21. The number of nitrogens with zero attached hydrogens (tertiary/aromatic N) is 2. The van der Waals surface area contributed by atoms with Crippen molar-refractivity contribution in [2.45, 2.75) is 6.54 Å². The van der Waals surface area contributed by atoms with Crippen LogP contribution in [0.3, 0.4) is 0 Å². The van der Waals surface area contributed by atoms with Crippen molar-refractivity contribution in [3.8, 4) is 0 Å². The fourth-order valence-corrected chi connectivity index (χ4v) is 1.60. The van der Waals surface area contributed by atoms with Crippen LogP contribution >= 0.6 is 11.6 Å². The molecule has 0 aliphatic carbocycles. The Labute approximate surface area is 112 Å². The summed E-state index contributed by atoms with van der Waals surface area (Å²) < 4.78 is 13.8. The third-order valence-electron chi connectivity index (χ3n) is 2.31. The molecule has 1 heterocycles. The van der Waals surface area contributed by atoms with Gasteiger partial charge in [-0.25, -0.2) is 9.37 Å². The molecule has 2 aromatic rings. The van der Waals surface area contributed by atoms with Crippen molar-refractivity contribution >= 4 is 23.2 Å². The topological polar surface area (TPSA) is 64.0 Å². The van der Waals surface area contributed by atoms with Crippen LogP contribution in [0.25, 0.3) is 0 Å². The Kier molecular flexibility index (Phi) is 3.91. The van der Waals surface area contributed by atoms with E-state index in [0.717, 1.165) is 4.57 Å². The minimum atomic E-state index is -0.543. The Morgan fingerprint density at radius 2 is 2.05 bits per heavy atom. The van der Waals surface area contributed by atoms with Gasteiger partial charge in [0.2, 0.25) is 5.91 Å². The lowest BCUT2D eigenvalue weighted by atomic mass is 10.3. The Bertz CT molecular complexity index is 655. The van der Waals surface area contributed by atoms with E-state index in [0.29, 0.717) is 5.69 Å². The van der Waals surface area contributed by atoms with Crippen LogP contribution < -0.4 is 10.9 Å². The Morgan fingerprint density at radius 3 is 2.74 bits per heavy atom. The largest absolute Gasteiger partial charge is 0.325 e. The summed E-state index contributed by atoms with van der Waals surface area (Å²) in [6.07, 6.45) is 2.69. The van der Waals surface area contributed by atoms with Crippen molar-refractivity contribution < 1.29 is 9.18 Å². The highest BCUT2D eigenvalue weighted by molar-refractivity contribution is 6.29. The first-order valence-corrected chi connectivity index (χ1v) is 5.70. The lowest BCUT2D eigenvalue weighted by Gasteiger charge is -2.07. The number of benzene rings is 1. The molecule has 98 valence electrons. The van der Waals surface area contributed by atoms with Crippen LogP contribution in [0, 0.1) is 5.82 Å². The molecule has 0 fully saturated rings. The molecule has 7 heteroatoms. The smallest absolute Gasteiger partial charge is 0.288 e. The summed E-state index contributed by atoms with van der Waals surface area (Å²) in [6, 6.07) is 5.31. The van der Waals surface area contributed by atoms with E-state index in [1.807, 2.05) is 0 Å². The summed E-state index contributed by atoms with van der Waals surface area (Å²) in [7, 11) is 0. The predicted octanol–water partition coefficient (Wildman–Crippen LogP) is 1.67. The monoisotopic (exact) mass is 281 g/mol. The maximum absolute atomic E-state index is 12.7. The molecule has 0 atom stereocenters. The maximum Gasteiger partial charge on any atom is 0.288 e. The van der Waals surface area contributed by atoms with Crippen molar-refractivity contribution in [2.24, 2.45) is 0 Å². The Balaban J connectivity index is 2.07. The molecule has 1 aromatic carbocycles. The van der Waals surface area contributed by atoms with E-state index >= 15 is 0 Å². The van der Waals surface area contributed by atoms with Crippen LogP contribution in [0.15, 0.2) is 41.5 Å². The summed E-state index contributed by atoms with van der Waals surface area (Å²) in [5.41, 5.74) is -0.0991. The predicted molar refractivity (Wildman–Crippen MR) is 68.5 cm³/mol. The molecule has 0 bridgehead atoms. The summed E-state index contributed by atoms with van der Waals surface area (Å²) in [6.45, 7) is -0.196. The van der Waals surface area contributed by atoms with E-state index in [4.69, 9.17) is 11.6 Å². The zero-order valence-corrected chi connectivity index (χ0v) is 10.4. The SMILES string of the molecule is O=C(Cn1ccnc(Cl)c1=O)Nc1ccc(F)cc1. The molecule has 2 rings (SSSR count). The number of halogens is 2. The minimum absolute atomic E-state index is 0.196. The summed E-state index contributed by atoms with van der Waals surface area (Å²) >= 11 is 5.56. The van der Waals surface area contributed by atoms with Gasteiger partial charge in [0.15, 0.2) is 5.15 Å². The average molecular weight is 282 g/mol. The lowest BCUT2D eigenvalue weighted by molar-refractivity contribution is -0.116. The van der Waals surface area contributed by atoms with Crippen molar-refractivity contribution in [1.82, 2.24) is 9.55 Å². The second-order valence-corrected chi connectivity index (χ2v) is 4.06. The summed E-state index contributed by atoms with van der Waals surface area (Å²) in [5.74, 6) is -0.814. The second-order valence-electron chi connectivity index (χ2n) is 3.71. The van der Waals surface area contributed by atoms with E-state index in [2.05, 4.69) is 10.3 Å². The molecule has 0 unspecified atom stereocenters. The average Bonchev–Trinajstić information content (AvgIpc) is 2.38. The van der Waals surface area contributed by atoms with Crippen LogP contribution in [-0.2, 0) is 11.3 Å². The van der Waals surface area contributed by atoms with Crippen molar-refractivity contribution in [3.63, 3.8) is 0 Å². The van der Waals surface area contributed by atoms with E-state index in [-0.39, 0.29) is 11.7 Å². The number of aromatic nitrogens is 2. The van der Waals surface area contributed by atoms with Gasteiger partial charge in [-0.1, -0.05) is 11.6 Å². The van der Waals surface area contributed by atoms with E-state index in [9.17, 15) is 14.0 Å². The number of nitrogens with one attached hydrogen (secondary N) is 1. The first kappa shape index (κ1) is 13.2. The van der Waals surface area contributed by atoms with Gasteiger partial charge in [-0.3, -0.25) is 9.59 Å². The third kappa shape index (κ3) is 3.38. The third-order valence-corrected chi connectivity index (χ3v) is 2.57. The number of rotatable bonds is 3. The highest BCUT2D eigenvalue weighted by Crippen LogP contribution is 2.08. The van der Waals surface area contributed by atoms with Gasteiger partial charge in [-0.2, -0.15) is 0 Å². The van der Waals surface area contributed by atoms with E-state index < -0.39 is 17.3 Å². The molecule has 5 nitrogen and oxygen atoms in total. The number of amides is 1. The highest BCUT2D eigenvalue weighted by atomic mass is 35.5. The highest BCUT2D eigenvalue weighted by Gasteiger charge is 2.07. The summed E-state index contributed by atoms with van der Waals surface area (Å²) in [4.78, 5) is 26.8. The number of hydrogen-bond donors (Lipinski definition) is 1. The van der Waals surface area contributed by atoms with Gasteiger partial charge >= 0.3 is 0 Å². The van der Waals surface area contributed by atoms with Gasteiger partial charge in [-0.15, -0.1) is 0 Å². The van der Waals surface area contributed by atoms with E-state index in [1.54, 1.807) is 0 Å². The number of anilines is 1. The summed E-state index contributed by atoms with van der Waals surface area (Å²) in [5, 5.41) is 2.34. The van der Waals surface area contributed by atoms with Gasteiger partial charge in [0.1, 0.15) is 12.4 Å². The molecule has 0 saturated carbocycles. The fraction of sp³-hybridized carbons (Fsp3) is 0.0833. The van der Waals surface area contributed by atoms with Crippen molar-refractivity contribution in [1.29, 1.82) is 0 Å². The zero-order valence-electron chi connectivity index (χ0n) is 9.64. The number of carbonyl (C=O) groups is 1. The fourth-order valence-electron chi connectivity index (χ4n) is 1.43. The molecule has 1 N–H and O–H groups in total. The van der Waals surface area contributed by atoms with Gasteiger partial charge in [-0.05, 0) is 24.3 Å². The van der Waals surface area contributed by atoms with Crippen LogP contribution in [-0.4, -0.2) is 15.5 Å². The normalized spacial score (nSPS) is 10.2.